The van der Waals surface area contributed by atoms with Gasteiger partial charge < -0.3 is 10.1 Å². The van der Waals surface area contributed by atoms with Crippen molar-refractivity contribution in [3.05, 3.63) is 51.2 Å². The molecule has 1 N–H and O–H groups in total. The van der Waals surface area contributed by atoms with Crippen molar-refractivity contribution in [1.82, 2.24) is 0 Å². The summed E-state index contributed by atoms with van der Waals surface area (Å²) in [6, 6.07) is 9.87. The van der Waals surface area contributed by atoms with E-state index in [2.05, 4.69) is 32.2 Å². The smallest absolute Gasteiger partial charge is 0.338 e. The number of carbonyl (C=O) groups excluding carboxylic acids is 1. The molecule has 0 bridgehead atoms. The van der Waals surface area contributed by atoms with Crippen molar-refractivity contribution >= 4 is 23.0 Å². The van der Waals surface area contributed by atoms with Crippen LogP contribution in [0.4, 0.5) is 5.69 Å². The Morgan fingerprint density at radius 1 is 1.29 bits per heavy atom. The number of nitrogens with one attached hydrogen (secondary N) is 1. The third-order valence-electron chi connectivity index (χ3n) is 3.33. The third kappa shape index (κ3) is 3.85. The van der Waals surface area contributed by atoms with Crippen LogP contribution in [0, 0.1) is 13.8 Å². The molecule has 0 spiro atoms. The van der Waals surface area contributed by atoms with Crippen molar-refractivity contribution in [2.24, 2.45) is 0 Å². The lowest BCUT2D eigenvalue weighted by molar-refractivity contribution is 0.0526. The molecule has 4 heteroatoms. The standard InChI is InChI=1S/C17H21NO2S/c1-5-20-17(19)14-6-8-15(9-7-14)18-12(3)16-10-11(2)21-13(16)4/h6-10,12,18H,5H2,1-4H3. The minimum Gasteiger partial charge on any atom is -0.462 e. The average molecular weight is 303 g/mol. The molecule has 3 nitrogen and oxygen atoms in total. The molecule has 21 heavy (non-hydrogen) atoms. The number of hydrogen-bond donors (Lipinski definition) is 1. The van der Waals surface area contributed by atoms with Gasteiger partial charge in [-0.3, -0.25) is 0 Å². The predicted molar refractivity (Wildman–Crippen MR) is 88.2 cm³/mol. The van der Waals surface area contributed by atoms with Crippen LogP contribution in [0.2, 0.25) is 0 Å². The summed E-state index contributed by atoms with van der Waals surface area (Å²) in [6.07, 6.45) is 0. The first-order valence-corrected chi connectivity index (χ1v) is 7.93. The lowest BCUT2D eigenvalue weighted by atomic mass is 10.1. The minimum absolute atomic E-state index is 0.239. The topological polar surface area (TPSA) is 38.3 Å². The highest BCUT2D eigenvalue weighted by atomic mass is 32.1. The molecule has 0 fully saturated rings. The number of rotatable bonds is 5. The number of esters is 1. The Bertz CT molecular complexity index is 616. The molecule has 0 saturated carbocycles. The summed E-state index contributed by atoms with van der Waals surface area (Å²) in [7, 11) is 0. The second-order valence-electron chi connectivity index (χ2n) is 5.03. The van der Waals surface area contributed by atoms with E-state index in [4.69, 9.17) is 4.74 Å². The Hall–Kier alpha value is -1.81. The van der Waals surface area contributed by atoms with E-state index in [0.717, 1.165) is 5.69 Å². The summed E-state index contributed by atoms with van der Waals surface area (Å²) in [5.41, 5.74) is 2.91. The van der Waals surface area contributed by atoms with Crippen molar-refractivity contribution in [3.63, 3.8) is 0 Å². The summed E-state index contributed by atoms with van der Waals surface area (Å²) >= 11 is 1.82. The zero-order valence-electron chi connectivity index (χ0n) is 12.9. The first-order chi connectivity index (χ1) is 10.0. The van der Waals surface area contributed by atoms with Crippen LogP contribution in [0.3, 0.4) is 0 Å². The zero-order chi connectivity index (χ0) is 15.4. The van der Waals surface area contributed by atoms with Gasteiger partial charge in [0.25, 0.3) is 0 Å². The number of benzene rings is 1. The quantitative estimate of drug-likeness (QED) is 0.813. The van der Waals surface area contributed by atoms with E-state index in [9.17, 15) is 4.79 Å². The highest BCUT2D eigenvalue weighted by Crippen LogP contribution is 2.28. The van der Waals surface area contributed by atoms with Crippen molar-refractivity contribution in [2.45, 2.75) is 33.7 Å². The molecule has 0 aliphatic rings. The summed E-state index contributed by atoms with van der Waals surface area (Å²) in [6.45, 7) is 8.62. The first-order valence-electron chi connectivity index (χ1n) is 7.12. The monoisotopic (exact) mass is 303 g/mol. The van der Waals surface area contributed by atoms with Crippen LogP contribution in [0.25, 0.3) is 0 Å². The first kappa shape index (κ1) is 15.6. The van der Waals surface area contributed by atoms with Gasteiger partial charge in [0.15, 0.2) is 0 Å². The van der Waals surface area contributed by atoms with Gasteiger partial charge in [-0.05, 0) is 63.6 Å². The highest BCUT2D eigenvalue weighted by molar-refractivity contribution is 7.12. The Morgan fingerprint density at radius 3 is 2.48 bits per heavy atom. The fraction of sp³-hybridized carbons (Fsp3) is 0.353. The van der Waals surface area contributed by atoms with Gasteiger partial charge in [0.2, 0.25) is 0 Å². The molecule has 1 heterocycles. The van der Waals surface area contributed by atoms with Gasteiger partial charge in [-0.25, -0.2) is 4.79 Å². The van der Waals surface area contributed by atoms with Crippen molar-refractivity contribution in [3.8, 4) is 0 Å². The molecule has 1 atom stereocenters. The van der Waals surface area contributed by atoms with E-state index in [-0.39, 0.29) is 12.0 Å². The van der Waals surface area contributed by atoms with E-state index < -0.39 is 0 Å². The number of thiophene rings is 1. The molecule has 0 amide bonds. The van der Waals surface area contributed by atoms with E-state index in [1.165, 1.54) is 15.3 Å². The van der Waals surface area contributed by atoms with Crippen molar-refractivity contribution < 1.29 is 9.53 Å². The maximum atomic E-state index is 11.6. The second kappa shape index (κ2) is 6.76. The van der Waals surface area contributed by atoms with Crippen LogP contribution in [0.1, 0.15) is 45.6 Å². The largest absolute Gasteiger partial charge is 0.462 e. The van der Waals surface area contributed by atoms with Gasteiger partial charge in [-0.1, -0.05) is 0 Å². The molecular weight excluding hydrogens is 282 g/mol. The number of hydrogen-bond acceptors (Lipinski definition) is 4. The Kier molecular flexibility index (Phi) is 5.02. The molecule has 2 rings (SSSR count). The number of anilines is 1. The molecule has 1 aromatic carbocycles. The van der Waals surface area contributed by atoms with Crippen LogP contribution < -0.4 is 5.32 Å². The summed E-state index contributed by atoms with van der Waals surface area (Å²) < 4.78 is 4.98. The fourth-order valence-corrected chi connectivity index (χ4v) is 3.35. The SMILES string of the molecule is CCOC(=O)c1ccc(NC(C)c2cc(C)sc2C)cc1. The maximum Gasteiger partial charge on any atom is 0.338 e. The molecule has 2 aromatic rings. The Balaban J connectivity index is 2.06. The molecule has 0 aliphatic carbocycles. The van der Waals surface area contributed by atoms with E-state index in [1.807, 2.05) is 23.5 Å². The van der Waals surface area contributed by atoms with E-state index in [1.54, 1.807) is 19.1 Å². The fourth-order valence-electron chi connectivity index (χ4n) is 2.33. The molecule has 112 valence electrons. The number of aryl methyl sites for hydroxylation is 2. The molecular formula is C17H21NO2S. The van der Waals surface area contributed by atoms with Crippen molar-refractivity contribution in [2.75, 3.05) is 11.9 Å². The summed E-state index contributed by atoms with van der Waals surface area (Å²) in [5.74, 6) is -0.276. The number of ether oxygens (including phenoxy) is 1. The Labute approximate surface area is 130 Å². The molecule has 0 saturated heterocycles. The molecule has 1 unspecified atom stereocenters. The summed E-state index contributed by atoms with van der Waals surface area (Å²) in [4.78, 5) is 14.3. The average Bonchev–Trinajstić information content (AvgIpc) is 2.79. The lowest BCUT2D eigenvalue weighted by Crippen LogP contribution is -2.08. The van der Waals surface area contributed by atoms with Gasteiger partial charge in [0, 0.05) is 21.5 Å². The highest BCUT2D eigenvalue weighted by Gasteiger charge is 2.11. The van der Waals surface area contributed by atoms with Crippen molar-refractivity contribution in [1.29, 1.82) is 0 Å². The second-order valence-corrected chi connectivity index (χ2v) is 6.49. The molecule has 0 radical (unpaired) electrons. The maximum absolute atomic E-state index is 11.6. The van der Waals surface area contributed by atoms with E-state index >= 15 is 0 Å². The summed E-state index contributed by atoms with van der Waals surface area (Å²) in [5, 5.41) is 3.47. The van der Waals surface area contributed by atoms with Gasteiger partial charge in [-0.2, -0.15) is 0 Å². The minimum atomic E-state index is -0.276. The van der Waals surface area contributed by atoms with Gasteiger partial charge in [-0.15, -0.1) is 11.3 Å². The lowest BCUT2D eigenvalue weighted by Gasteiger charge is -2.15. The predicted octanol–water partition coefficient (Wildman–Crippen LogP) is 4.71. The van der Waals surface area contributed by atoms with Crippen LogP contribution in [0.15, 0.2) is 30.3 Å². The van der Waals surface area contributed by atoms with Gasteiger partial charge in [0.1, 0.15) is 0 Å². The van der Waals surface area contributed by atoms with E-state index in [0.29, 0.717) is 12.2 Å². The Morgan fingerprint density at radius 2 is 1.95 bits per heavy atom. The number of carbonyl (C=O) groups is 1. The normalized spacial score (nSPS) is 12.0. The third-order valence-corrected chi connectivity index (χ3v) is 4.31. The van der Waals surface area contributed by atoms with Crippen LogP contribution >= 0.6 is 11.3 Å². The van der Waals surface area contributed by atoms with Crippen LogP contribution in [-0.4, -0.2) is 12.6 Å². The van der Waals surface area contributed by atoms with Gasteiger partial charge in [0.05, 0.1) is 12.2 Å². The van der Waals surface area contributed by atoms with Gasteiger partial charge >= 0.3 is 5.97 Å². The molecule has 1 aromatic heterocycles. The van der Waals surface area contributed by atoms with Crippen LogP contribution in [0.5, 0.6) is 0 Å². The zero-order valence-corrected chi connectivity index (χ0v) is 13.7. The van der Waals surface area contributed by atoms with Crippen LogP contribution in [-0.2, 0) is 4.74 Å². The molecule has 0 aliphatic heterocycles.